The van der Waals surface area contributed by atoms with Crippen LogP contribution in [-0.4, -0.2) is 68.5 Å². The minimum absolute atomic E-state index is 0.194. The van der Waals surface area contributed by atoms with E-state index in [2.05, 4.69) is 27.2 Å². The van der Waals surface area contributed by atoms with Crippen molar-refractivity contribution in [2.24, 2.45) is 22.6 Å². The molecule has 0 aromatic carbocycles. The van der Waals surface area contributed by atoms with Gasteiger partial charge in [0.15, 0.2) is 5.96 Å². The number of primary amides is 1. The number of nitrogens with zero attached hydrogens (tertiary/aromatic N) is 3. The summed E-state index contributed by atoms with van der Waals surface area (Å²) in [5, 5.41) is 3.54. The minimum atomic E-state index is -0.194. The average Bonchev–Trinajstić information content (AvgIpc) is 2.48. The predicted octanol–water partition coefficient (Wildman–Crippen LogP) is 0.491. The van der Waals surface area contributed by atoms with Crippen molar-refractivity contribution in [1.82, 2.24) is 15.1 Å². The minimum Gasteiger partial charge on any atom is -0.370 e. The lowest BCUT2D eigenvalue weighted by molar-refractivity contribution is -0.119. The number of hydrogen-bond donors (Lipinski definition) is 2. The second-order valence-corrected chi connectivity index (χ2v) is 6.82. The number of rotatable bonds is 4. The molecule has 0 radical (unpaired) electrons. The van der Waals surface area contributed by atoms with Gasteiger partial charge in [-0.25, -0.2) is 0 Å². The number of nitrogens with one attached hydrogen (secondary N) is 1. The summed E-state index contributed by atoms with van der Waals surface area (Å²) in [4.78, 5) is 20.2. The summed E-state index contributed by atoms with van der Waals surface area (Å²) < 4.78 is 0. The van der Waals surface area contributed by atoms with Gasteiger partial charge in [-0.05, 0) is 51.1 Å². The Morgan fingerprint density at radius 2 is 1.95 bits per heavy atom. The Hall–Kier alpha value is -1.30. The molecule has 0 spiro atoms. The molecule has 2 aliphatic rings. The van der Waals surface area contributed by atoms with E-state index in [-0.39, 0.29) is 5.91 Å². The molecule has 2 rings (SSSR count). The van der Waals surface area contributed by atoms with E-state index in [1.807, 2.05) is 7.05 Å². The molecule has 1 amide bonds. The van der Waals surface area contributed by atoms with Crippen LogP contribution >= 0.6 is 0 Å². The molecular formula is C16H31N5O. The normalized spacial score (nSPS) is 27.7. The van der Waals surface area contributed by atoms with Crippen molar-refractivity contribution in [3.05, 3.63) is 0 Å². The van der Waals surface area contributed by atoms with Crippen molar-refractivity contribution >= 4 is 11.9 Å². The Morgan fingerprint density at radius 1 is 1.23 bits per heavy atom. The molecule has 0 aliphatic carbocycles. The molecule has 0 aromatic heterocycles. The van der Waals surface area contributed by atoms with Gasteiger partial charge in [0.05, 0.1) is 0 Å². The van der Waals surface area contributed by atoms with Crippen molar-refractivity contribution in [3.63, 3.8) is 0 Å². The van der Waals surface area contributed by atoms with Crippen LogP contribution in [0, 0.1) is 11.8 Å². The summed E-state index contributed by atoms with van der Waals surface area (Å²) in [6.45, 7) is 5.25. The number of nitrogens with two attached hydrogens (primary N) is 1. The van der Waals surface area contributed by atoms with Gasteiger partial charge in [0.2, 0.25) is 5.91 Å². The standard InChI is InChI=1S/C16H31N5O/c1-18-16(19-10-14-6-3-7-20(2)11-14)21-8-4-5-13(12-21)9-15(17)22/h13-14H,3-12H2,1-2H3,(H2,17,22)(H,18,19). The third-order valence-electron chi connectivity index (χ3n) is 4.79. The maximum Gasteiger partial charge on any atom is 0.217 e. The quantitative estimate of drug-likeness (QED) is 0.585. The molecule has 2 atom stereocenters. The molecule has 22 heavy (non-hydrogen) atoms. The predicted molar refractivity (Wildman–Crippen MR) is 89.7 cm³/mol. The molecule has 0 saturated carbocycles. The van der Waals surface area contributed by atoms with Crippen LogP contribution in [0.1, 0.15) is 32.1 Å². The molecule has 0 bridgehead atoms. The molecule has 6 heteroatoms. The van der Waals surface area contributed by atoms with Gasteiger partial charge in [-0.1, -0.05) is 0 Å². The Balaban J connectivity index is 1.81. The number of carbonyl (C=O) groups is 1. The first kappa shape index (κ1) is 17.1. The van der Waals surface area contributed by atoms with E-state index in [1.165, 1.54) is 19.4 Å². The summed E-state index contributed by atoms with van der Waals surface area (Å²) in [5.74, 6) is 1.84. The Morgan fingerprint density at radius 3 is 2.64 bits per heavy atom. The van der Waals surface area contributed by atoms with Crippen LogP contribution < -0.4 is 11.1 Å². The van der Waals surface area contributed by atoms with E-state index in [1.54, 1.807) is 0 Å². The van der Waals surface area contributed by atoms with E-state index in [4.69, 9.17) is 5.73 Å². The monoisotopic (exact) mass is 309 g/mol. The maximum atomic E-state index is 11.1. The van der Waals surface area contributed by atoms with Gasteiger partial charge in [0.25, 0.3) is 0 Å². The number of carbonyl (C=O) groups excluding carboxylic acids is 1. The van der Waals surface area contributed by atoms with Crippen LogP contribution in [0.5, 0.6) is 0 Å². The van der Waals surface area contributed by atoms with Crippen LogP contribution in [0.4, 0.5) is 0 Å². The molecule has 2 saturated heterocycles. The van der Waals surface area contributed by atoms with E-state index in [9.17, 15) is 4.79 Å². The van der Waals surface area contributed by atoms with E-state index in [0.29, 0.717) is 18.3 Å². The smallest absolute Gasteiger partial charge is 0.217 e. The summed E-state index contributed by atoms with van der Waals surface area (Å²) in [7, 11) is 4.03. The highest BCUT2D eigenvalue weighted by molar-refractivity contribution is 5.80. The zero-order chi connectivity index (χ0) is 15.9. The van der Waals surface area contributed by atoms with Crippen molar-refractivity contribution in [2.75, 3.05) is 46.8 Å². The number of piperidine rings is 2. The topological polar surface area (TPSA) is 74.0 Å². The highest BCUT2D eigenvalue weighted by atomic mass is 16.1. The highest BCUT2D eigenvalue weighted by Crippen LogP contribution is 2.20. The molecule has 2 fully saturated rings. The number of hydrogen-bond acceptors (Lipinski definition) is 3. The Labute approximate surface area is 134 Å². The second-order valence-electron chi connectivity index (χ2n) is 6.82. The van der Waals surface area contributed by atoms with E-state index in [0.717, 1.165) is 45.0 Å². The van der Waals surface area contributed by atoms with Crippen molar-refractivity contribution in [3.8, 4) is 0 Å². The van der Waals surface area contributed by atoms with E-state index < -0.39 is 0 Å². The number of likely N-dealkylation sites (tertiary alicyclic amines) is 2. The van der Waals surface area contributed by atoms with Crippen molar-refractivity contribution < 1.29 is 4.79 Å². The highest BCUT2D eigenvalue weighted by Gasteiger charge is 2.24. The van der Waals surface area contributed by atoms with Crippen molar-refractivity contribution in [1.29, 1.82) is 0 Å². The van der Waals surface area contributed by atoms with Gasteiger partial charge in [-0.3, -0.25) is 9.79 Å². The third kappa shape index (κ3) is 5.16. The Kier molecular flexibility index (Phi) is 6.49. The molecule has 0 aromatic rings. The zero-order valence-electron chi connectivity index (χ0n) is 14.1. The summed E-state index contributed by atoms with van der Waals surface area (Å²) >= 11 is 0. The molecule has 126 valence electrons. The molecular weight excluding hydrogens is 278 g/mol. The molecule has 3 N–H and O–H groups in total. The molecule has 2 heterocycles. The third-order valence-corrected chi connectivity index (χ3v) is 4.79. The average molecular weight is 309 g/mol. The van der Waals surface area contributed by atoms with Crippen LogP contribution in [0.3, 0.4) is 0 Å². The molecule has 2 unspecified atom stereocenters. The van der Waals surface area contributed by atoms with E-state index >= 15 is 0 Å². The molecule has 6 nitrogen and oxygen atoms in total. The number of guanidine groups is 1. The van der Waals surface area contributed by atoms with Gasteiger partial charge in [-0.2, -0.15) is 0 Å². The summed E-state index contributed by atoms with van der Waals surface area (Å²) in [6, 6.07) is 0. The van der Waals surface area contributed by atoms with Gasteiger partial charge < -0.3 is 20.9 Å². The lowest BCUT2D eigenvalue weighted by Crippen LogP contribution is -2.49. The fourth-order valence-corrected chi connectivity index (χ4v) is 3.72. The second kappa shape index (κ2) is 8.36. The van der Waals surface area contributed by atoms with Gasteiger partial charge in [-0.15, -0.1) is 0 Å². The largest absolute Gasteiger partial charge is 0.370 e. The first-order valence-electron chi connectivity index (χ1n) is 8.51. The van der Waals surface area contributed by atoms with Crippen LogP contribution in [0.2, 0.25) is 0 Å². The Bertz CT molecular complexity index is 398. The number of aliphatic imine (C=N–C) groups is 1. The fourth-order valence-electron chi connectivity index (χ4n) is 3.72. The lowest BCUT2D eigenvalue weighted by Gasteiger charge is -2.36. The van der Waals surface area contributed by atoms with Crippen LogP contribution in [-0.2, 0) is 4.79 Å². The van der Waals surface area contributed by atoms with Gasteiger partial charge in [0, 0.05) is 39.6 Å². The summed E-state index contributed by atoms with van der Waals surface area (Å²) in [6.07, 6.45) is 5.25. The van der Waals surface area contributed by atoms with Crippen molar-refractivity contribution in [2.45, 2.75) is 32.1 Å². The lowest BCUT2D eigenvalue weighted by atomic mass is 9.94. The maximum absolute atomic E-state index is 11.1. The first-order chi connectivity index (χ1) is 10.6. The zero-order valence-corrected chi connectivity index (χ0v) is 14.1. The summed E-state index contributed by atoms with van der Waals surface area (Å²) in [5.41, 5.74) is 5.34. The molecule has 2 aliphatic heterocycles. The van der Waals surface area contributed by atoms with Gasteiger partial charge >= 0.3 is 0 Å². The first-order valence-corrected chi connectivity index (χ1v) is 8.51. The fraction of sp³-hybridized carbons (Fsp3) is 0.875. The van der Waals surface area contributed by atoms with Gasteiger partial charge in [0.1, 0.15) is 0 Å². The SMILES string of the molecule is CN=C(NCC1CCCN(C)C1)N1CCCC(CC(N)=O)C1. The number of amides is 1. The van der Waals surface area contributed by atoms with Crippen LogP contribution in [0.25, 0.3) is 0 Å². The van der Waals surface area contributed by atoms with Crippen LogP contribution in [0.15, 0.2) is 4.99 Å².